The lowest BCUT2D eigenvalue weighted by molar-refractivity contribution is -0.148. The van der Waals surface area contributed by atoms with Gasteiger partial charge in [0.25, 0.3) is 0 Å². The molecule has 1 aromatic rings. The fourth-order valence-electron chi connectivity index (χ4n) is 2.85. The quantitative estimate of drug-likeness (QED) is 0.737. The fourth-order valence-corrected chi connectivity index (χ4v) is 2.98. The van der Waals surface area contributed by atoms with Gasteiger partial charge in [-0.25, -0.2) is 4.79 Å². The van der Waals surface area contributed by atoms with Crippen LogP contribution in [0.1, 0.15) is 18.9 Å². The van der Waals surface area contributed by atoms with Crippen LogP contribution in [0.5, 0.6) is 0 Å². The Labute approximate surface area is 151 Å². The standard InChI is InChI=1S/C17H22ClN3O4/c1-11-10-21(7-6-14(11)16(23)24)15(22)9-20-17(25)19-8-12-2-4-13(18)5-3-12/h2-5,11,14H,6-10H2,1H3,(H,23,24)(H2,19,20,25). The molecule has 1 aliphatic heterocycles. The number of urea groups is 1. The van der Waals surface area contributed by atoms with Gasteiger partial charge in [0.05, 0.1) is 12.5 Å². The van der Waals surface area contributed by atoms with Crippen molar-refractivity contribution in [1.29, 1.82) is 0 Å². The Balaban J connectivity index is 1.71. The first-order valence-electron chi connectivity index (χ1n) is 8.13. The summed E-state index contributed by atoms with van der Waals surface area (Å²) >= 11 is 5.79. The second-order valence-corrected chi connectivity index (χ2v) is 6.65. The van der Waals surface area contributed by atoms with E-state index in [0.717, 1.165) is 5.56 Å². The van der Waals surface area contributed by atoms with Gasteiger partial charge in [0.2, 0.25) is 5.91 Å². The highest BCUT2D eigenvalue weighted by molar-refractivity contribution is 6.30. The molecule has 8 heteroatoms. The van der Waals surface area contributed by atoms with Gasteiger partial charge in [0.1, 0.15) is 0 Å². The minimum Gasteiger partial charge on any atom is -0.481 e. The lowest BCUT2D eigenvalue weighted by Gasteiger charge is -2.35. The molecule has 1 aromatic carbocycles. The maximum Gasteiger partial charge on any atom is 0.315 e. The second kappa shape index (κ2) is 8.71. The van der Waals surface area contributed by atoms with Gasteiger partial charge >= 0.3 is 12.0 Å². The van der Waals surface area contributed by atoms with E-state index in [2.05, 4.69) is 10.6 Å². The van der Waals surface area contributed by atoms with Crippen LogP contribution in [0.2, 0.25) is 5.02 Å². The number of carboxylic acid groups (broad SMARTS) is 1. The number of benzene rings is 1. The van der Waals surface area contributed by atoms with Crippen molar-refractivity contribution in [2.24, 2.45) is 11.8 Å². The molecule has 3 amide bonds. The Morgan fingerprint density at radius 3 is 2.52 bits per heavy atom. The zero-order valence-corrected chi connectivity index (χ0v) is 14.8. The highest BCUT2D eigenvalue weighted by atomic mass is 35.5. The number of hydrogen-bond acceptors (Lipinski definition) is 3. The first-order chi connectivity index (χ1) is 11.9. The number of aliphatic carboxylic acids is 1. The molecule has 2 unspecified atom stereocenters. The van der Waals surface area contributed by atoms with Crippen molar-refractivity contribution in [2.75, 3.05) is 19.6 Å². The first-order valence-corrected chi connectivity index (χ1v) is 8.51. The minimum absolute atomic E-state index is 0.103. The predicted octanol–water partition coefficient (Wildman–Crippen LogP) is 1.71. The summed E-state index contributed by atoms with van der Waals surface area (Å²) in [4.78, 5) is 36.6. The number of hydrogen-bond donors (Lipinski definition) is 3. The molecule has 0 saturated carbocycles. The summed E-state index contributed by atoms with van der Waals surface area (Å²) in [5.74, 6) is -1.55. The highest BCUT2D eigenvalue weighted by Crippen LogP contribution is 2.23. The average Bonchev–Trinajstić information content (AvgIpc) is 2.58. The molecule has 1 aliphatic rings. The number of carbonyl (C=O) groups excluding carboxylic acids is 2. The molecule has 1 heterocycles. The van der Waals surface area contributed by atoms with Gasteiger partial charge in [-0.1, -0.05) is 30.7 Å². The topological polar surface area (TPSA) is 98.7 Å². The summed E-state index contributed by atoms with van der Waals surface area (Å²) in [5.41, 5.74) is 0.899. The van der Waals surface area contributed by atoms with Crippen molar-refractivity contribution >= 4 is 29.5 Å². The fraction of sp³-hybridized carbons (Fsp3) is 0.471. The Morgan fingerprint density at radius 1 is 1.24 bits per heavy atom. The molecule has 7 nitrogen and oxygen atoms in total. The molecule has 1 fully saturated rings. The van der Waals surface area contributed by atoms with E-state index in [1.54, 1.807) is 17.0 Å². The first kappa shape index (κ1) is 19.1. The van der Waals surface area contributed by atoms with Crippen LogP contribution in [0.3, 0.4) is 0 Å². The molecule has 0 aromatic heterocycles. The summed E-state index contributed by atoms with van der Waals surface area (Å²) in [7, 11) is 0. The second-order valence-electron chi connectivity index (χ2n) is 6.21. The van der Waals surface area contributed by atoms with Gasteiger partial charge in [-0.15, -0.1) is 0 Å². The summed E-state index contributed by atoms with van der Waals surface area (Å²) < 4.78 is 0. The van der Waals surface area contributed by atoms with E-state index in [9.17, 15) is 14.4 Å². The summed E-state index contributed by atoms with van der Waals surface area (Å²) in [6.07, 6.45) is 0.436. The summed E-state index contributed by atoms with van der Waals surface area (Å²) in [6, 6.07) is 6.66. The van der Waals surface area contributed by atoms with Crippen molar-refractivity contribution < 1.29 is 19.5 Å². The lowest BCUT2D eigenvalue weighted by atomic mass is 9.87. The van der Waals surface area contributed by atoms with Crippen LogP contribution in [0.25, 0.3) is 0 Å². The normalized spacial score (nSPS) is 20.0. The SMILES string of the molecule is CC1CN(C(=O)CNC(=O)NCc2ccc(Cl)cc2)CCC1C(=O)O. The van der Waals surface area contributed by atoms with Gasteiger partial charge in [-0.2, -0.15) is 0 Å². The number of nitrogens with zero attached hydrogens (tertiary/aromatic N) is 1. The number of amides is 3. The number of nitrogens with one attached hydrogen (secondary N) is 2. The average molecular weight is 368 g/mol. The van der Waals surface area contributed by atoms with E-state index in [1.165, 1.54) is 0 Å². The zero-order chi connectivity index (χ0) is 18.4. The molecular weight excluding hydrogens is 346 g/mol. The molecule has 2 rings (SSSR count). The molecular formula is C17H22ClN3O4. The van der Waals surface area contributed by atoms with Crippen LogP contribution in [0.15, 0.2) is 24.3 Å². The van der Waals surface area contributed by atoms with Crippen LogP contribution in [-0.2, 0) is 16.1 Å². The molecule has 136 valence electrons. The van der Waals surface area contributed by atoms with E-state index in [0.29, 0.717) is 31.1 Å². The largest absolute Gasteiger partial charge is 0.481 e. The number of piperidine rings is 1. The molecule has 0 bridgehead atoms. The van der Waals surface area contributed by atoms with Crippen molar-refractivity contribution in [3.05, 3.63) is 34.9 Å². The summed E-state index contributed by atoms with van der Waals surface area (Å²) in [6.45, 7) is 2.83. The van der Waals surface area contributed by atoms with Gasteiger partial charge in [-0.3, -0.25) is 9.59 Å². The van der Waals surface area contributed by atoms with Crippen LogP contribution >= 0.6 is 11.6 Å². The van der Waals surface area contributed by atoms with Crippen molar-refractivity contribution in [3.63, 3.8) is 0 Å². The minimum atomic E-state index is -0.820. The number of carbonyl (C=O) groups is 3. The van der Waals surface area contributed by atoms with Gasteiger partial charge < -0.3 is 20.6 Å². The third-order valence-electron chi connectivity index (χ3n) is 4.34. The Hall–Kier alpha value is -2.28. The molecule has 2 atom stereocenters. The van der Waals surface area contributed by atoms with Crippen molar-refractivity contribution in [2.45, 2.75) is 19.9 Å². The van der Waals surface area contributed by atoms with E-state index < -0.39 is 17.9 Å². The Bertz CT molecular complexity index is 635. The molecule has 0 radical (unpaired) electrons. The highest BCUT2D eigenvalue weighted by Gasteiger charge is 2.32. The zero-order valence-electron chi connectivity index (χ0n) is 14.0. The van der Waals surface area contributed by atoms with Crippen LogP contribution in [0.4, 0.5) is 4.79 Å². The van der Waals surface area contributed by atoms with Crippen LogP contribution < -0.4 is 10.6 Å². The van der Waals surface area contributed by atoms with E-state index in [-0.39, 0.29) is 18.4 Å². The third-order valence-corrected chi connectivity index (χ3v) is 4.59. The maximum absolute atomic E-state index is 12.2. The van der Waals surface area contributed by atoms with Crippen LogP contribution in [0, 0.1) is 11.8 Å². The smallest absolute Gasteiger partial charge is 0.315 e. The Morgan fingerprint density at radius 2 is 1.92 bits per heavy atom. The van der Waals surface area contributed by atoms with E-state index in [1.807, 2.05) is 19.1 Å². The van der Waals surface area contributed by atoms with Gasteiger partial charge in [0.15, 0.2) is 0 Å². The van der Waals surface area contributed by atoms with E-state index >= 15 is 0 Å². The Kier molecular flexibility index (Phi) is 6.64. The monoisotopic (exact) mass is 367 g/mol. The molecule has 0 spiro atoms. The summed E-state index contributed by atoms with van der Waals surface area (Å²) in [5, 5.41) is 14.9. The number of likely N-dealkylation sites (tertiary alicyclic amines) is 1. The number of carboxylic acids is 1. The van der Waals surface area contributed by atoms with Gasteiger partial charge in [0, 0.05) is 24.7 Å². The van der Waals surface area contributed by atoms with Crippen molar-refractivity contribution in [3.8, 4) is 0 Å². The molecule has 25 heavy (non-hydrogen) atoms. The molecule has 3 N–H and O–H groups in total. The number of rotatable bonds is 5. The molecule has 0 aliphatic carbocycles. The number of halogens is 1. The van der Waals surface area contributed by atoms with Gasteiger partial charge in [-0.05, 0) is 30.0 Å². The van der Waals surface area contributed by atoms with Crippen molar-refractivity contribution in [1.82, 2.24) is 15.5 Å². The maximum atomic E-state index is 12.2. The third kappa shape index (κ3) is 5.63. The lowest BCUT2D eigenvalue weighted by Crippen LogP contribution is -2.49. The van der Waals surface area contributed by atoms with E-state index in [4.69, 9.17) is 16.7 Å². The molecule has 1 saturated heterocycles. The predicted molar refractivity (Wildman–Crippen MR) is 93.2 cm³/mol. The van der Waals surface area contributed by atoms with Crippen LogP contribution in [-0.4, -0.2) is 47.5 Å².